The Kier molecular flexibility index (Phi) is 6.49. The van der Waals surface area contributed by atoms with Crippen LogP contribution in [-0.4, -0.2) is 33.6 Å². The van der Waals surface area contributed by atoms with Crippen molar-refractivity contribution >= 4 is 23.3 Å². The van der Waals surface area contributed by atoms with Crippen molar-refractivity contribution in [3.63, 3.8) is 0 Å². The summed E-state index contributed by atoms with van der Waals surface area (Å²) in [5.41, 5.74) is 3.34. The van der Waals surface area contributed by atoms with Crippen LogP contribution in [0.2, 0.25) is 0 Å². The molecule has 0 heterocycles. The maximum Gasteiger partial charge on any atom is 0.165 e. The Morgan fingerprint density at radius 2 is 1.80 bits per heavy atom. The van der Waals surface area contributed by atoms with Crippen molar-refractivity contribution in [1.82, 2.24) is 0 Å². The second-order valence-corrected chi connectivity index (χ2v) is 6.45. The minimum atomic E-state index is 0.0888. The van der Waals surface area contributed by atoms with Gasteiger partial charge in [0.25, 0.3) is 0 Å². The third kappa shape index (κ3) is 4.49. The third-order valence-electron chi connectivity index (χ3n) is 3.00. The number of nitrogens with one attached hydrogen (secondary N) is 2. The number of benzene rings is 1. The summed E-state index contributed by atoms with van der Waals surface area (Å²) in [6.07, 6.45) is 0. The topological polar surface area (TPSA) is 42.5 Å². The highest BCUT2D eigenvalue weighted by atomic mass is 32.2. The Hall–Kier alpha value is -1.07. The van der Waals surface area contributed by atoms with Gasteiger partial charge < -0.3 is 19.5 Å². The van der Waals surface area contributed by atoms with E-state index in [0.717, 1.165) is 29.5 Å². The zero-order chi connectivity index (χ0) is 15.2. The minimum absolute atomic E-state index is 0.0888. The number of hydrogen-bond donors (Lipinski definition) is 2. The lowest BCUT2D eigenvalue weighted by molar-refractivity contribution is 0.219. The van der Waals surface area contributed by atoms with Gasteiger partial charge in [0, 0.05) is 19.9 Å². The molecule has 20 heavy (non-hydrogen) atoms. The van der Waals surface area contributed by atoms with Crippen LogP contribution in [0.5, 0.6) is 5.75 Å². The van der Waals surface area contributed by atoms with Gasteiger partial charge in [0.05, 0.1) is 25.1 Å². The molecule has 0 saturated heterocycles. The fourth-order valence-corrected chi connectivity index (χ4v) is 2.46. The molecule has 2 N–H and O–H groups in total. The zero-order valence-electron chi connectivity index (χ0n) is 13.3. The number of methoxy groups -OCH3 is 2. The molecule has 1 aromatic rings. The summed E-state index contributed by atoms with van der Waals surface area (Å²) in [6.45, 7) is 7.33. The molecule has 0 fully saturated rings. The molecule has 0 aliphatic carbocycles. The second-order valence-electron chi connectivity index (χ2n) is 5.55. The van der Waals surface area contributed by atoms with E-state index in [1.165, 1.54) is 5.56 Å². The van der Waals surface area contributed by atoms with Crippen LogP contribution in [0, 0.1) is 0 Å². The van der Waals surface area contributed by atoms with E-state index in [0.29, 0.717) is 0 Å². The third-order valence-corrected chi connectivity index (χ3v) is 3.74. The summed E-state index contributed by atoms with van der Waals surface area (Å²) in [7, 11) is 5.31. The van der Waals surface area contributed by atoms with E-state index in [2.05, 4.69) is 42.9 Å². The molecule has 0 radical (unpaired) electrons. The smallest absolute Gasteiger partial charge is 0.165 e. The Balaban J connectivity index is 3.04. The Bertz CT molecular complexity index is 431. The highest BCUT2D eigenvalue weighted by Gasteiger charge is 2.19. The molecule has 0 amide bonds. The van der Waals surface area contributed by atoms with E-state index in [9.17, 15) is 0 Å². The van der Waals surface area contributed by atoms with Gasteiger partial charge in [-0.25, -0.2) is 0 Å². The summed E-state index contributed by atoms with van der Waals surface area (Å²) >= 11 is 1.62. The van der Waals surface area contributed by atoms with E-state index < -0.39 is 0 Å². The fraction of sp³-hybridized carbons (Fsp3) is 0.600. The van der Waals surface area contributed by atoms with Crippen LogP contribution >= 0.6 is 11.9 Å². The molecule has 0 saturated carbocycles. The van der Waals surface area contributed by atoms with Crippen molar-refractivity contribution in [2.24, 2.45) is 0 Å². The van der Waals surface area contributed by atoms with Gasteiger partial charge in [-0.1, -0.05) is 32.7 Å². The number of ether oxygens (including phenoxy) is 2. The zero-order valence-corrected chi connectivity index (χ0v) is 14.1. The highest BCUT2D eigenvalue weighted by molar-refractivity contribution is 8.00. The average Bonchev–Trinajstić information content (AvgIpc) is 2.41. The molecule has 5 heteroatoms. The fourth-order valence-electron chi connectivity index (χ4n) is 1.80. The Morgan fingerprint density at radius 3 is 2.30 bits per heavy atom. The first-order chi connectivity index (χ1) is 9.43. The van der Waals surface area contributed by atoms with Gasteiger partial charge in [0.15, 0.2) is 5.75 Å². The van der Waals surface area contributed by atoms with Crippen LogP contribution in [0.4, 0.5) is 11.4 Å². The van der Waals surface area contributed by atoms with E-state index >= 15 is 0 Å². The standard InChI is InChI=1S/C15H26N2O2S/c1-15(2,3)11-9-12(16-4)14(19-6)13(10-11)17-20-8-7-18-5/h9-10,16-17H,7-8H2,1-6H3. The molecule has 0 bridgehead atoms. The maximum absolute atomic E-state index is 5.52. The van der Waals surface area contributed by atoms with Gasteiger partial charge >= 0.3 is 0 Å². The van der Waals surface area contributed by atoms with E-state index in [4.69, 9.17) is 9.47 Å². The van der Waals surface area contributed by atoms with E-state index in [1.807, 2.05) is 7.05 Å². The number of rotatable bonds is 7. The second kappa shape index (κ2) is 7.64. The van der Waals surface area contributed by atoms with E-state index in [1.54, 1.807) is 26.2 Å². The number of anilines is 2. The van der Waals surface area contributed by atoms with Gasteiger partial charge in [0.2, 0.25) is 0 Å². The monoisotopic (exact) mass is 298 g/mol. The van der Waals surface area contributed by atoms with Crippen molar-refractivity contribution in [3.8, 4) is 5.75 Å². The molecule has 114 valence electrons. The van der Waals surface area contributed by atoms with Gasteiger partial charge in [-0.15, -0.1) is 0 Å². The summed E-state index contributed by atoms with van der Waals surface area (Å²) in [4.78, 5) is 0. The normalized spacial score (nSPS) is 11.3. The molecule has 4 nitrogen and oxygen atoms in total. The van der Waals surface area contributed by atoms with Crippen LogP contribution < -0.4 is 14.8 Å². The molecule has 0 atom stereocenters. The maximum atomic E-state index is 5.52. The average molecular weight is 298 g/mol. The van der Waals surface area contributed by atoms with Crippen LogP contribution in [-0.2, 0) is 10.2 Å². The predicted molar refractivity (Wildman–Crippen MR) is 89.2 cm³/mol. The predicted octanol–water partition coefficient (Wildman–Crippen LogP) is 3.74. The van der Waals surface area contributed by atoms with Crippen molar-refractivity contribution in [3.05, 3.63) is 17.7 Å². The van der Waals surface area contributed by atoms with Gasteiger partial charge in [0.1, 0.15) is 0 Å². The van der Waals surface area contributed by atoms with Crippen LogP contribution in [0.15, 0.2) is 12.1 Å². The first-order valence-corrected chi connectivity index (χ1v) is 7.69. The first kappa shape index (κ1) is 17.0. The SMILES string of the molecule is CNc1cc(C(C)(C)C)cc(NSCCOC)c1OC. The van der Waals surface area contributed by atoms with Crippen molar-refractivity contribution < 1.29 is 9.47 Å². The molecule has 0 aliphatic rings. The summed E-state index contributed by atoms with van der Waals surface area (Å²) in [5, 5.41) is 3.20. The lowest BCUT2D eigenvalue weighted by Gasteiger charge is -2.23. The van der Waals surface area contributed by atoms with Gasteiger partial charge in [-0.2, -0.15) is 0 Å². The highest BCUT2D eigenvalue weighted by Crippen LogP contribution is 2.39. The van der Waals surface area contributed by atoms with Crippen molar-refractivity contribution in [1.29, 1.82) is 0 Å². The first-order valence-electron chi connectivity index (χ1n) is 6.71. The van der Waals surface area contributed by atoms with Crippen LogP contribution in [0.1, 0.15) is 26.3 Å². The summed E-state index contributed by atoms with van der Waals surface area (Å²) in [6, 6.07) is 4.29. The Morgan fingerprint density at radius 1 is 1.15 bits per heavy atom. The quantitative estimate of drug-likeness (QED) is 0.593. The largest absolute Gasteiger partial charge is 0.492 e. The molecule has 1 aromatic carbocycles. The molecular formula is C15H26N2O2S. The molecule has 0 aromatic heterocycles. The lowest BCUT2D eigenvalue weighted by atomic mass is 9.86. The van der Waals surface area contributed by atoms with E-state index in [-0.39, 0.29) is 5.41 Å². The summed E-state index contributed by atoms with van der Waals surface area (Å²) in [5.74, 6) is 1.72. The number of hydrogen-bond acceptors (Lipinski definition) is 5. The summed E-state index contributed by atoms with van der Waals surface area (Å²) < 4.78 is 13.9. The minimum Gasteiger partial charge on any atom is -0.492 e. The van der Waals surface area contributed by atoms with Crippen molar-refractivity contribution in [2.45, 2.75) is 26.2 Å². The van der Waals surface area contributed by atoms with Gasteiger partial charge in [-0.3, -0.25) is 0 Å². The van der Waals surface area contributed by atoms with Gasteiger partial charge in [-0.05, 0) is 23.1 Å². The molecule has 1 rings (SSSR count). The molecular weight excluding hydrogens is 272 g/mol. The molecule has 0 spiro atoms. The Labute approximate surface area is 126 Å². The van der Waals surface area contributed by atoms with Crippen molar-refractivity contribution in [2.75, 3.05) is 43.7 Å². The molecule has 0 aliphatic heterocycles. The molecule has 0 unspecified atom stereocenters. The van der Waals surface area contributed by atoms with Crippen LogP contribution in [0.3, 0.4) is 0 Å². The lowest BCUT2D eigenvalue weighted by Crippen LogP contribution is -2.12. The van der Waals surface area contributed by atoms with Crippen LogP contribution in [0.25, 0.3) is 0 Å².